The molecule has 4 saturated carbocycles. The minimum Gasteiger partial charge on any atom is -0.360 e. The molecule has 4 fully saturated rings. The minimum absolute atomic E-state index is 0.148. The Bertz CT molecular complexity index is 796. The van der Waals surface area contributed by atoms with Gasteiger partial charge < -0.3 is 9.84 Å². The van der Waals surface area contributed by atoms with Crippen molar-refractivity contribution in [3.63, 3.8) is 0 Å². The molecule has 4 bridgehead atoms. The Morgan fingerprint density at radius 2 is 1.88 bits per heavy atom. The molecule has 4 aliphatic carbocycles. The lowest BCUT2D eigenvalue weighted by Crippen LogP contribution is -2.58. The first-order chi connectivity index (χ1) is 12.1. The van der Waals surface area contributed by atoms with Crippen molar-refractivity contribution < 1.29 is 9.32 Å². The fraction of sp³-hybridized carbons (Fsp3) is 0.524. The first-order valence-electron chi connectivity index (χ1n) is 9.37. The molecular weight excluding hydrogens is 312 g/mol. The van der Waals surface area contributed by atoms with E-state index in [1.807, 2.05) is 6.92 Å². The molecule has 0 saturated heterocycles. The van der Waals surface area contributed by atoms with E-state index in [9.17, 15) is 4.79 Å². The number of carbonyl (C=O) groups excluding carboxylic acids is 1. The van der Waals surface area contributed by atoms with Crippen LogP contribution in [-0.2, 0) is 10.2 Å². The highest BCUT2D eigenvalue weighted by Crippen LogP contribution is 2.65. The lowest BCUT2D eigenvalue weighted by atomic mass is 9.42. The topological polar surface area (TPSA) is 55.1 Å². The maximum Gasteiger partial charge on any atom is 0.231 e. The Balaban J connectivity index is 1.48. The number of aryl methyl sites for hydroxylation is 1. The fourth-order valence-corrected chi connectivity index (χ4v) is 6.33. The van der Waals surface area contributed by atoms with E-state index in [0.717, 1.165) is 25.0 Å². The molecule has 0 unspecified atom stereocenters. The molecule has 130 valence electrons. The number of nitrogens with one attached hydrogen (secondary N) is 1. The van der Waals surface area contributed by atoms with Crippen molar-refractivity contribution in [1.82, 2.24) is 5.16 Å². The Hall–Kier alpha value is -2.10. The van der Waals surface area contributed by atoms with Crippen LogP contribution in [0.3, 0.4) is 0 Å². The van der Waals surface area contributed by atoms with E-state index >= 15 is 0 Å². The molecular formula is C21H24N2O2. The first kappa shape index (κ1) is 15.2. The molecule has 2 atom stereocenters. The van der Waals surface area contributed by atoms with Gasteiger partial charge in [-0.1, -0.05) is 35.5 Å². The lowest BCUT2D eigenvalue weighted by Gasteiger charge is -2.61. The molecule has 1 amide bonds. The van der Waals surface area contributed by atoms with Crippen molar-refractivity contribution in [2.24, 2.45) is 17.3 Å². The summed E-state index contributed by atoms with van der Waals surface area (Å²) in [4.78, 5) is 13.3. The highest BCUT2D eigenvalue weighted by Gasteiger charge is 2.60. The number of aromatic nitrogens is 1. The summed E-state index contributed by atoms with van der Waals surface area (Å²) in [6.45, 7) is 1.85. The normalized spacial score (nSPS) is 35.7. The Morgan fingerprint density at radius 3 is 2.52 bits per heavy atom. The predicted octanol–water partition coefficient (Wildman–Crippen LogP) is 4.46. The summed E-state index contributed by atoms with van der Waals surface area (Å²) < 4.78 is 5.11. The van der Waals surface area contributed by atoms with Crippen LogP contribution in [0.2, 0.25) is 0 Å². The second-order valence-electron chi connectivity index (χ2n) is 8.66. The standard InChI is InChI=1S/C21H24N2O2/c1-14-7-18(23-25-14)22-19(24)21-11-15-8-16(12-21)10-20(9-15,13-21)17-5-3-2-4-6-17/h2-7,15-16H,8-13H2,1H3,(H,22,23,24)/t15-,16-,20?,21?/m1/s1. The van der Waals surface area contributed by atoms with Crippen LogP contribution < -0.4 is 5.32 Å². The van der Waals surface area contributed by atoms with E-state index in [1.165, 1.54) is 24.8 Å². The van der Waals surface area contributed by atoms with Crippen molar-refractivity contribution >= 4 is 11.7 Å². The van der Waals surface area contributed by atoms with Gasteiger partial charge in [0, 0.05) is 6.07 Å². The van der Waals surface area contributed by atoms with E-state index in [4.69, 9.17) is 4.52 Å². The van der Waals surface area contributed by atoms with Gasteiger partial charge in [-0.05, 0) is 68.3 Å². The zero-order chi connectivity index (χ0) is 17.1. The molecule has 1 aromatic heterocycles. The molecule has 1 heterocycles. The van der Waals surface area contributed by atoms with Crippen molar-refractivity contribution in [2.45, 2.75) is 50.9 Å². The van der Waals surface area contributed by atoms with Gasteiger partial charge in [0.05, 0.1) is 5.41 Å². The minimum atomic E-state index is -0.243. The molecule has 0 radical (unpaired) electrons. The average molecular weight is 336 g/mol. The first-order valence-corrected chi connectivity index (χ1v) is 9.37. The number of hydrogen-bond donors (Lipinski definition) is 1. The summed E-state index contributed by atoms with van der Waals surface area (Å²) in [6, 6.07) is 12.7. The Morgan fingerprint density at radius 1 is 1.16 bits per heavy atom. The number of carbonyl (C=O) groups is 1. The van der Waals surface area contributed by atoms with Crippen molar-refractivity contribution in [1.29, 1.82) is 0 Å². The largest absolute Gasteiger partial charge is 0.360 e. The zero-order valence-corrected chi connectivity index (χ0v) is 14.6. The van der Waals surface area contributed by atoms with Crippen molar-refractivity contribution in [3.8, 4) is 0 Å². The van der Waals surface area contributed by atoms with Gasteiger partial charge >= 0.3 is 0 Å². The summed E-state index contributed by atoms with van der Waals surface area (Å²) in [6.07, 6.45) is 6.81. The molecule has 0 aliphatic heterocycles. The molecule has 4 aliphatic rings. The summed E-state index contributed by atoms with van der Waals surface area (Å²) in [7, 11) is 0. The molecule has 25 heavy (non-hydrogen) atoms. The van der Waals surface area contributed by atoms with Gasteiger partial charge in [0.1, 0.15) is 5.76 Å². The van der Waals surface area contributed by atoms with Gasteiger partial charge in [-0.25, -0.2) is 0 Å². The Labute approximate surface area is 148 Å². The van der Waals surface area contributed by atoms with E-state index in [-0.39, 0.29) is 16.7 Å². The molecule has 6 rings (SSSR count). The molecule has 1 aromatic carbocycles. The van der Waals surface area contributed by atoms with Crippen LogP contribution in [0, 0.1) is 24.2 Å². The SMILES string of the molecule is Cc1cc(NC(=O)C23C[C@@H]4C[C@@H](C2)CC(c2ccccc2)(C4)C3)no1. The second kappa shape index (κ2) is 5.20. The van der Waals surface area contributed by atoms with Crippen LogP contribution in [-0.4, -0.2) is 11.1 Å². The van der Waals surface area contributed by atoms with E-state index in [2.05, 4.69) is 40.8 Å². The van der Waals surface area contributed by atoms with Crippen molar-refractivity contribution in [3.05, 3.63) is 47.7 Å². The van der Waals surface area contributed by atoms with E-state index in [1.54, 1.807) is 6.07 Å². The van der Waals surface area contributed by atoms with Crippen LogP contribution in [0.4, 0.5) is 5.82 Å². The molecule has 1 N–H and O–H groups in total. The molecule has 2 aromatic rings. The van der Waals surface area contributed by atoms with E-state index in [0.29, 0.717) is 17.7 Å². The van der Waals surface area contributed by atoms with Gasteiger partial charge in [-0.2, -0.15) is 0 Å². The quantitative estimate of drug-likeness (QED) is 0.900. The van der Waals surface area contributed by atoms with E-state index < -0.39 is 0 Å². The van der Waals surface area contributed by atoms with Crippen LogP contribution >= 0.6 is 0 Å². The zero-order valence-electron chi connectivity index (χ0n) is 14.6. The fourth-order valence-electron chi connectivity index (χ4n) is 6.33. The molecule has 0 spiro atoms. The lowest BCUT2D eigenvalue weighted by molar-refractivity contribution is -0.143. The number of hydrogen-bond acceptors (Lipinski definition) is 3. The summed E-state index contributed by atoms with van der Waals surface area (Å²) in [5, 5.41) is 7.00. The average Bonchev–Trinajstić information content (AvgIpc) is 2.99. The van der Waals surface area contributed by atoms with Gasteiger partial charge in [-0.3, -0.25) is 4.79 Å². The third-order valence-electron chi connectivity index (χ3n) is 6.80. The van der Waals surface area contributed by atoms with Crippen LogP contribution in [0.1, 0.15) is 49.8 Å². The number of amides is 1. The monoisotopic (exact) mass is 336 g/mol. The maximum atomic E-state index is 13.3. The van der Waals surface area contributed by atoms with Gasteiger partial charge in [-0.15, -0.1) is 0 Å². The highest BCUT2D eigenvalue weighted by atomic mass is 16.5. The smallest absolute Gasteiger partial charge is 0.231 e. The summed E-state index contributed by atoms with van der Waals surface area (Å²) >= 11 is 0. The number of nitrogens with zero attached hydrogens (tertiary/aromatic N) is 1. The molecule has 4 heteroatoms. The summed E-state index contributed by atoms with van der Waals surface area (Å²) in [5.41, 5.74) is 1.37. The third-order valence-corrected chi connectivity index (χ3v) is 6.80. The van der Waals surface area contributed by atoms with Crippen LogP contribution in [0.25, 0.3) is 0 Å². The van der Waals surface area contributed by atoms with Gasteiger partial charge in [0.25, 0.3) is 0 Å². The second-order valence-corrected chi connectivity index (χ2v) is 8.66. The van der Waals surface area contributed by atoms with Crippen LogP contribution in [0.15, 0.2) is 40.9 Å². The van der Waals surface area contributed by atoms with Gasteiger partial charge in [0.2, 0.25) is 5.91 Å². The maximum absolute atomic E-state index is 13.3. The third kappa shape index (κ3) is 2.34. The Kier molecular flexibility index (Phi) is 3.16. The van der Waals surface area contributed by atoms with Crippen molar-refractivity contribution in [2.75, 3.05) is 5.32 Å². The molecule has 4 nitrogen and oxygen atoms in total. The van der Waals surface area contributed by atoms with Gasteiger partial charge in [0.15, 0.2) is 5.82 Å². The summed E-state index contributed by atoms with van der Waals surface area (Å²) in [5.74, 6) is 2.77. The highest BCUT2D eigenvalue weighted by molar-refractivity contribution is 5.95. The number of benzene rings is 1. The number of anilines is 1. The predicted molar refractivity (Wildman–Crippen MR) is 95.1 cm³/mol. The number of rotatable bonds is 3. The van der Waals surface area contributed by atoms with Crippen LogP contribution in [0.5, 0.6) is 0 Å².